The first-order valence-electron chi connectivity index (χ1n) is 16.6. The van der Waals surface area contributed by atoms with E-state index < -0.39 is 17.2 Å². The van der Waals surface area contributed by atoms with Crippen molar-refractivity contribution in [2.45, 2.75) is 44.6 Å². The molecular weight excluding hydrogens is 800 g/mol. The minimum atomic E-state index is -1.70. The van der Waals surface area contributed by atoms with Crippen molar-refractivity contribution in [1.29, 1.82) is 0 Å². The van der Waals surface area contributed by atoms with Crippen LogP contribution in [0.5, 0.6) is 11.5 Å². The lowest BCUT2D eigenvalue weighted by Crippen LogP contribution is -3.00. The zero-order chi connectivity index (χ0) is 35.3. The first-order chi connectivity index (χ1) is 24.8. The molecule has 0 bridgehead atoms. The number of quaternary nitrogens is 1. The third-order valence-corrected chi connectivity index (χ3v) is 9.95. The minimum absolute atomic E-state index is 0. The maximum Gasteiger partial charge on any atom is 0.231 e. The molecule has 4 heterocycles. The highest BCUT2D eigenvalue weighted by molar-refractivity contribution is 9.10. The highest BCUT2D eigenvalue weighted by Gasteiger charge is 2.36. The summed E-state index contributed by atoms with van der Waals surface area (Å²) in [5.41, 5.74) is 3.88. The van der Waals surface area contributed by atoms with E-state index in [4.69, 9.17) is 9.47 Å². The molecule has 1 N–H and O–H groups in total. The fourth-order valence-corrected chi connectivity index (χ4v) is 7.11. The van der Waals surface area contributed by atoms with E-state index in [9.17, 15) is 13.9 Å². The average molecular weight is 838 g/mol. The Labute approximate surface area is 319 Å². The first-order valence-corrected chi connectivity index (χ1v) is 17.4. The number of aromatic nitrogens is 6. The summed E-state index contributed by atoms with van der Waals surface area (Å²) in [6.07, 6.45) is 7.57. The van der Waals surface area contributed by atoms with Crippen LogP contribution in [0.2, 0.25) is 0 Å². The highest BCUT2D eigenvalue weighted by Crippen LogP contribution is 2.39. The lowest BCUT2D eigenvalue weighted by Gasteiger charge is -2.42. The number of benzene rings is 4. The van der Waals surface area contributed by atoms with Crippen molar-refractivity contribution in [2.75, 3.05) is 19.9 Å². The molecule has 8 rings (SSSR count). The second kappa shape index (κ2) is 16.4. The zero-order valence-corrected chi connectivity index (χ0v) is 31.3. The smallest absolute Gasteiger partial charge is 0.231 e. The Morgan fingerprint density at radius 2 is 1.46 bits per heavy atom. The van der Waals surface area contributed by atoms with Crippen molar-refractivity contribution < 1.29 is 44.8 Å². The number of ether oxygens (including phenoxy) is 2. The summed E-state index contributed by atoms with van der Waals surface area (Å²) >= 11 is 3.56. The van der Waals surface area contributed by atoms with Gasteiger partial charge >= 0.3 is 0 Å². The van der Waals surface area contributed by atoms with Crippen LogP contribution in [-0.4, -0.2) is 59.0 Å². The summed E-state index contributed by atoms with van der Waals surface area (Å²) in [4.78, 5) is 7.57. The lowest BCUT2D eigenvalue weighted by atomic mass is 9.93. The molecule has 4 aromatic carbocycles. The summed E-state index contributed by atoms with van der Waals surface area (Å²) in [5, 5.41) is 18.8. The van der Waals surface area contributed by atoms with Gasteiger partial charge in [0, 0.05) is 40.1 Å². The predicted molar refractivity (Wildman–Crippen MR) is 188 cm³/mol. The fraction of sp³-hybridized carbons (Fsp3) is 0.263. The van der Waals surface area contributed by atoms with Gasteiger partial charge in [-0.3, -0.25) is 0 Å². The summed E-state index contributed by atoms with van der Waals surface area (Å²) in [6.45, 7) is 4.56. The van der Waals surface area contributed by atoms with Gasteiger partial charge in [0.15, 0.2) is 11.5 Å². The summed E-state index contributed by atoms with van der Waals surface area (Å²) in [5.74, 6) is 0.240. The third-order valence-electron chi connectivity index (χ3n) is 9.42. The number of hydrogen-bond donors (Lipinski definition) is 1. The van der Waals surface area contributed by atoms with Gasteiger partial charge in [-0.2, -0.15) is 10.2 Å². The van der Waals surface area contributed by atoms with Crippen molar-refractivity contribution >= 4 is 15.9 Å². The number of rotatable bonds is 10. The van der Waals surface area contributed by atoms with Gasteiger partial charge in [-0.25, -0.2) is 28.1 Å². The summed E-state index contributed by atoms with van der Waals surface area (Å²) in [6, 6.07) is 27.1. The molecule has 1 unspecified atom stereocenters. The quantitative estimate of drug-likeness (QED) is 0.212. The van der Waals surface area contributed by atoms with Crippen molar-refractivity contribution in [1.82, 2.24) is 29.5 Å². The molecule has 0 amide bonds. The van der Waals surface area contributed by atoms with Crippen molar-refractivity contribution in [2.24, 2.45) is 0 Å². The number of halogens is 4. The van der Waals surface area contributed by atoms with Crippen LogP contribution in [-0.2, 0) is 44.6 Å². The van der Waals surface area contributed by atoms with Gasteiger partial charge in [0.2, 0.25) is 6.79 Å². The molecule has 0 saturated carbocycles. The van der Waals surface area contributed by atoms with Gasteiger partial charge in [-0.1, -0.05) is 64.5 Å². The van der Waals surface area contributed by atoms with E-state index in [1.807, 2.05) is 0 Å². The molecule has 2 aliphatic heterocycles. The monoisotopic (exact) mass is 835 g/mol. The van der Waals surface area contributed by atoms with Gasteiger partial charge in [0.1, 0.15) is 55.6 Å². The van der Waals surface area contributed by atoms with Crippen LogP contribution in [0.4, 0.5) is 8.78 Å². The second-order valence-corrected chi connectivity index (χ2v) is 13.9. The summed E-state index contributed by atoms with van der Waals surface area (Å²) in [7, 11) is 0. The van der Waals surface area contributed by atoms with Crippen molar-refractivity contribution in [3.05, 3.63) is 154 Å². The zero-order valence-electron chi connectivity index (χ0n) is 28.2. The van der Waals surface area contributed by atoms with E-state index in [0.29, 0.717) is 6.79 Å². The van der Waals surface area contributed by atoms with E-state index in [1.54, 1.807) is 0 Å². The van der Waals surface area contributed by atoms with Gasteiger partial charge in [0.05, 0.1) is 26.2 Å². The van der Waals surface area contributed by atoms with Gasteiger partial charge in [0.25, 0.3) is 0 Å². The molecule has 52 heavy (non-hydrogen) atoms. The molecule has 0 radical (unpaired) electrons. The Morgan fingerprint density at radius 1 is 0.808 bits per heavy atom. The molecule has 0 spiro atoms. The predicted octanol–water partition coefficient (Wildman–Crippen LogP) is 3.23. The third kappa shape index (κ3) is 8.92. The number of aliphatic hydroxyl groups is 1. The normalized spacial score (nSPS) is 16.0. The molecule has 0 saturated heterocycles. The van der Waals surface area contributed by atoms with Crippen LogP contribution < -0.4 is 26.5 Å². The number of hydrogen-bond acceptors (Lipinski definition) is 7. The Balaban J connectivity index is 0.000000182. The van der Waals surface area contributed by atoms with E-state index in [1.165, 1.54) is 63.0 Å². The molecule has 0 fully saturated rings. The van der Waals surface area contributed by atoms with E-state index in [-0.39, 0.29) is 35.6 Å². The molecule has 270 valence electrons. The summed E-state index contributed by atoms with van der Waals surface area (Å²) < 4.78 is 43.4. The fourth-order valence-electron chi connectivity index (χ4n) is 6.85. The van der Waals surface area contributed by atoms with Gasteiger partial charge < -0.3 is 36.0 Å². The van der Waals surface area contributed by atoms with Crippen LogP contribution in [0.1, 0.15) is 27.8 Å². The Hall–Kier alpha value is -4.50. The van der Waals surface area contributed by atoms with Crippen molar-refractivity contribution in [3.63, 3.8) is 0 Å². The van der Waals surface area contributed by atoms with E-state index >= 15 is 0 Å². The van der Waals surface area contributed by atoms with Crippen LogP contribution in [0.3, 0.4) is 0 Å². The molecule has 2 aliphatic rings. The average Bonchev–Trinajstić information content (AvgIpc) is 3.93. The number of fused-ring (bicyclic) bond motifs is 2. The Bertz CT molecular complexity index is 2020. The van der Waals surface area contributed by atoms with Gasteiger partial charge in [-0.15, -0.1) is 0 Å². The van der Waals surface area contributed by atoms with E-state index in [2.05, 4.69) is 103 Å². The first kappa shape index (κ1) is 37.3. The van der Waals surface area contributed by atoms with Crippen LogP contribution in [0.25, 0.3) is 0 Å². The molecule has 14 heteroatoms. The molecular formula is C38H37Br2F2N7O3. The maximum absolute atomic E-state index is 14.1. The molecule has 0 aliphatic carbocycles. The Morgan fingerprint density at radius 3 is 2.08 bits per heavy atom. The number of nitrogens with zero attached hydrogens (tertiary/aromatic N) is 7. The van der Waals surface area contributed by atoms with Crippen LogP contribution >= 0.6 is 15.9 Å². The van der Waals surface area contributed by atoms with Crippen LogP contribution in [0.15, 0.2) is 115 Å². The molecule has 10 nitrogen and oxygen atoms in total. The van der Waals surface area contributed by atoms with Crippen molar-refractivity contribution in [3.8, 4) is 11.5 Å². The molecule has 2 aromatic heterocycles. The lowest BCUT2D eigenvalue weighted by molar-refractivity contribution is -0.955. The highest BCUT2D eigenvalue weighted by atomic mass is 79.9. The minimum Gasteiger partial charge on any atom is -1.00 e. The standard InChI is InChI=1S/C25H25BrNO2.C13H12F2N6O.BrH/c26-23-8-6-20(7-9-23)16-27(12-10-19-4-2-1-3-5-19)13-11-21-14-24-25(29-18-28-24)15-22(21)17-27;14-10-1-2-11(12(15)3-10)13(22,4-20-8-16-6-18-20)5-21-9-17-7-19-21;/h1-9,14-15H,10-13,16-18H2;1-3,6-9,22H,4-5H2;1H/q+1;;/p-1. The Kier molecular flexibility index (Phi) is 11.8. The van der Waals surface area contributed by atoms with E-state index in [0.717, 1.165) is 71.6 Å². The van der Waals surface area contributed by atoms with Crippen LogP contribution in [0, 0.1) is 11.6 Å². The SMILES string of the molecule is Brc1ccc(C[N+]2(CCc3ccccc3)CCc3cc4c(cc3C2)OCO4)cc1.OC(Cn1cncn1)(Cn1cncn1)c1ccc(F)cc1F.[Br-]. The molecule has 1 atom stereocenters. The second-order valence-electron chi connectivity index (χ2n) is 13.0. The van der Waals surface area contributed by atoms with Gasteiger partial charge in [-0.05, 0) is 41.5 Å². The largest absolute Gasteiger partial charge is 1.00 e. The topological polar surface area (TPSA) is 100 Å². The molecule has 6 aromatic rings. The maximum atomic E-state index is 14.1.